The Labute approximate surface area is 101 Å². The van der Waals surface area contributed by atoms with Gasteiger partial charge in [0.25, 0.3) is 0 Å². The predicted molar refractivity (Wildman–Crippen MR) is 65.9 cm³/mol. The summed E-state index contributed by atoms with van der Waals surface area (Å²) in [5, 5.41) is 16.0. The molecule has 6 nitrogen and oxygen atoms in total. The molecule has 1 atom stereocenters. The molecular weight excluding hydrogens is 220 g/mol. The maximum atomic E-state index is 11.8. The van der Waals surface area contributed by atoms with Crippen LogP contribution in [0, 0.1) is 0 Å². The highest BCUT2D eigenvalue weighted by Gasteiger charge is 2.16. The quantitative estimate of drug-likeness (QED) is 0.818. The lowest BCUT2D eigenvalue weighted by Gasteiger charge is -2.23. The summed E-state index contributed by atoms with van der Waals surface area (Å²) in [4.78, 5) is 13.3. The van der Waals surface area contributed by atoms with Crippen LogP contribution in [0.15, 0.2) is 6.07 Å². The van der Waals surface area contributed by atoms with Gasteiger partial charge in [0, 0.05) is 20.2 Å². The minimum Gasteiger partial charge on any atom is -0.394 e. The number of nitrogens with one attached hydrogen (secondary N) is 1. The van der Waals surface area contributed by atoms with E-state index >= 15 is 0 Å². The minimum atomic E-state index is -0.253. The lowest BCUT2D eigenvalue weighted by Crippen LogP contribution is -2.40. The number of hydrogen-bond acceptors (Lipinski definition) is 3. The van der Waals surface area contributed by atoms with Crippen molar-refractivity contribution in [1.29, 1.82) is 0 Å². The highest BCUT2D eigenvalue weighted by Crippen LogP contribution is 2.10. The van der Waals surface area contributed by atoms with Gasteiger partial charge in [-0.05, 0) is 13.3 Å². The Morgan fingerprint density at radius 1 is 1.71 bits per heavy atom. The van der Waals surface area contributed by atoms with Crippen LogP contribution in [-0.4, -0.2) is 45.5 Å². The molecule has 0 aromatic carbocycles. The molecule has 0 fully saturated rings. The van der Waals surface area contributed by atoms with Gasteiger partial charge >= 0.3 is 6.03 Å². The molecule has 96 valence electrons. The third-order valence-corrected chi connectivity index (χ3v) is 2.77. The summed E-state index contributed by atoms with van der Waals surface area (Å²) in [5.74, 6) is 0.656. The van der Waals surface area contributed by atoms with Gasteiger partial charge in [-0.1, -0.05) is 6.92 Å². The molecule has 1 aromatic rings. The second-order valence-electron chi connectivity index (χ2n) is 4.07. The molecule has 2 amide bonds. The van der Waals surface area contributed by atoms with E-state index in [1.807, 2.05) is 13.0 Å². The van der Waals surface area contributed by atoms with Crippen molar-refractivity contribution in [2.75, 3.05) is 19.0 Å². The normalized spacial score (nSPS) is 12.3. The molecule has 0 radical (unpaired) electrons. The predicted octanol–water partition coefficient (Wildman–Crippen LogP) is 0.827. The third-order valence-electron chi connectivity index (χ3n) is 2.77. The van der Waals surface area contributed by atoms with E-state index in [0.29, 0.717) is 5.82 Å². The molecule has 0 aliphatic heterocycles. The number of rotatable bonds is 4. The van der Waals surface area contributed by atoms with Crippen molar-refractivity contribution < 1.29 is 9.90 Å². The number of amides is 2. The molecule has 0 aliphatic rings. The van der Waals surface area contributed by atoms with Gasteiger partial charge in [-0.3, -0.25) is 10.00 Å². The maximum absolute atomic E-state index is 11.8. The number of carbonyl (C=O) groups excluding carboxylic acids is 1. The highest BCUT2D eigenvalue weighted by atomic mass is 16.3. The second kappa shape index (κ2) is 5.67. The molecule has 0 bridgehead atoms. The average Bonchev–Trinajstić information content (AvgIpc) is 2.68. The summed E-state index contributed by atoms with van der Waals surface area (Å²) in [6, 6.07) is 1.38. The Balaban J connectivity index is 2.70. The Bertz CT molecular complexity index is 389. The first-order valence-corrected chi connectivity index (χ1v) is 5.67. The molecule has 0 aliphatic carbocycles. The van der Waals surface area contributed by atoms with Crippen LogP contribution >= 0.6 is 0 Å². The molecule has 0 saturated heterocycles. The lowest BCUT2D eigenvalue weighted by molar-refractivity contribution is 0.166. The van der Waals surface area contributed by atoms with Crippen LogP contribution in [0.1, 0.15) is 19.5 Å². The summed E-state index contributed by atoms with van der Waals surface area (Å²) >= 11 is 0. The third kappa shape index (κ3) is 3.20. The standard InChI is InChI=1S/C11H20N4O2/c1-5-9-6-10(15(4)13-9)12-11(17)14(3)8(2)7-16/h6,8,16H,5,7H2,1-4H3,(H,12,17). The number of aryl methyl sites for hydroxylation is 2. The fourth-order valence-electron chi connectivity index (χ4n) is 1.34. The van der Waals surface area contributed by atoms with Crippen molar-refractivity contribution in [3.8, 4) is 0 Å². The maximum Gasteiger partial charge on any atom is 0.323 e. The molecular formula is C11H20N4O2. The van der Waals surface area contributed by atoms with Gasteiger partial charge in [-0.25, -0.2) is 4.79 Å². The van der Waals surface area contributed by atoms with E-state index in [1.165, 1.54) is 4.90 Å². The average molecular weight is 240 g/mol. The number of aromatic nitrogens is 2. The molecule has 0 spiro atoms. The molecule has 17 heavy (non-hydrogen) atoms. The van der Waals surface area contributed by atoms with E-state index in [0.717, 1.165) is 12.1 Å². The molecule has 0 saturated carbocycles. The van der Waals surface area contributed by atoms with Crippen molar-refractivity contribution >= 4 is 11.8 Å². The highest BCUT2D eigenvalue weighted by molar-refractivity contribution is 5.88. The Morgan fingerprint density at radius 3 is 2.82 bits per heavy atom. The van der Waals surface area contributed by atoms with Crippen LogP contribution in [0.4, 0.5) is 10.6 Å². The van der Waals surface area contributed by atoms with Gasteiger partial charge in [-0.15, -0.1) is 0 Å². The number of carbonyl (C=O) groups is 1. The van der Waals surface area contributed by atoms with Crippen molar-refractivity contribution in [1.82, 2.24) is 14.7 Å². The summed E-state index contributed by atoms with van der Waals surface area (Å²) in [6.07, 6.45) is 0.826. The fraction of sp³-hybridized carbons (Fsp3) is 0.636. The van der Waals surface area contributed by atoms with E-state index in [4.69, 9.17) is 5.11 Å². The summed E-state index contributed by atoms with van der Waals surface area (Å²) in [5.41, 5.74) is 0.931. The topological polar surface area (TPSA) is 70.4 Å². The number of aliphatic hydroxyl groups excluding tert-OH is 1. The van der Waals surface area contributed by atoms with Crippen LogP contribution in [0.2, 0.25) is 0 Å². The van der Waals surface area contributed by atoms with E-state index in [9.17, 15) is 4.79 Å². The molecule has 1 rings (SSSR count). The van der Waals surface area contributed by atoms with Crippen LogP contribution in [0.25, 0.3) is 0 Å². The van der Waals surface area contributed by atoms with Gasteiger partial charge in [0.15, 0.2) is 0 Å². The number of urea groups is 1. The number of hydrogen-bond donors (Lipinski definition) is 2. The molecule has 1 heterocycles. The zero-order valence-electron chi connectivity index (χ0n) is 10.8. The van der Waals surface area contributed by atoms with Gasteiger partial charge < -0.3 is 10.0 Å². The molecule has 2 N–H and O–H groups in total. The van der Waals surface area contributed by atoms with E-state index < -0.39 is 0 Å². The van der Waals surface area contributed by atoms with Crippen molar-refractivity contribution in [3.63, 3.8) is 0 Å². The van der Waals surface area contributed by atoms with Gasteiger partial charge in [0.1, 0.15) is 5.82 Å². The SMILES string of the molecule is CCc1cc(NC(=O)N(C)C(C)CO)n(C)n1. The van der Waals surface area contributed by atoms with Gasteiger partial charge in [0.05, 0.1) is 18.3 Å². The zero-order valence-corrected chi connectivity index (χ0v) is 10.8. The van der Waals surface area contributed by atoms with Crippen molar-refractivity contribution in [2.24, 2.45) is 7.05 Å². The van der Waals surface area contributed by atoms with Crippen molar-refractivity contribution in [2.45, 2.75) is 26.3 Å². The van der Waals surface area contributed by atoms with E-state index in [-0.39, 0.29) is 18.7 Å². The first-order valence-electron chi connectivity index (χ1n) is 5.67. The lowest BCUT2D eigenvalue weighted by atomic mass is 10.3. The van der Waals surface area contributed by atoms with Gasteiger partial charge in [-0.2, -0.15) is 5.10 Å². The monoisotopic (exact) mass is 240 g/mol. The van der Waals surface area contributed by atoms with Crippen molar-refractivity contribution in [3.05, 3.63) is 11.8 Å². The van der Waals surface area contributed by atoms with Crippen LogP contribution in [0.3, 0.4) is 0 Å². The van der Waals surface area contributed by atoms with E-state index in [1.54, 1.807) is 25.7 Å². The van der Waals surface area contributed by atoms with E-state index in [2.05, 4.69) is 10.4 Å². The minimum absolute atomic E-state index is 0.0600. The Hall–Kier alpha value is -1.56. The Kier molecular flexibility index (Phi) is 4.51. The largest absolute Gasteiger partial charge is 0.394 e. The van der Waals surface area contributed by atoms with Gasteiger partial charge in [0.2, 0.25) is 0 Å². The molecule has 6 heteroatoms. The summed E-state index contributed by atoms with van der Waals surface area (Å²) < 4.78 is 1.63. The fourth-order valence-corrected chi connectivity index (χ4v) is 1.34. The van der Waals surface area contributed by atoms with Crippen LogP contribution in [0.5, 0.6) is 0 Å². The number of anilines is 1. The zero-order chi connectivity index (χ0) is 13.0. The number of aliphatic hydroxyl groups is 1. The second-order valence-corrected chi connectivity index (χ2v) is 4.07. The molecule has 1 unspecified atom stereocenters. The Morgan fingerprint density at radius 2 is 2.35 bits per heavy atom. The van der Waals surface area contributed by atoms with Crippen LogP contribution in [-0.2, 0) is 13.5 Å². The van der Waals surface area contributed by atoms with Crippen LogP contribution < -0.4 is 5.32 Å². The first-order chi connectivity index (χ1) is 7.99. The molecule has 1 aromatic heterocycles. The number of nitrogens with zero attached hydrogens (tertiary/aromatic N) is 3. The first kappa shape index (κ1) is 13.5. The summed E-state index contributed by atoms with van der Waals surface area (Å²) in [7, 11) is 3.43. The number of likely N-dealkylation sites (N-methyl/N-ethyl adjacent to an activating group) is 1. The smallest absolute Gasteiger partial charge is 0.323 e. The summed E-state index contributed by atoms with van der Waals surface area (Å²) in [6.45, 7) is 3.73.